The third-order valence-electron chi connectivity index (χ3n) is 3.29. The lowest BCUT2D eigenvalue weighted by atomic mass is 10.1. The number of nitrogens with zero attached hydrogens (tertiary/aromatic N) is 2. The Morgan fingerprint density at radius 2 is 1.81 bits per heavy atom. The van der Waals surface area contributed by atoms with Crippen molar-refractivity contribution >= 4 is 40.8 Å². The Labute approximate surface area is 159 Å². The van der Waals surface area contributed by atoms with E-state index < -0.39 is 12.6 Å². The van der Waals surface area contributed by atoms with Crippen molar-refractivity contribution in [1.82, 2.24) is 9.97 Å². The Hall–Kier alpha value is -2.83. The Morgan fingerprint density at radius 3 is 2.50 bits per heavy atom. The van der Waals surface area contributed by atoms with Gasteiger partial charge in [-0.05, 0) is 18.2 Å². The third kappa shape index (κ3) is 4.62. The van der Waals surface area contributed by atoms with Crippen molar-refractivity contribution < 1.29 is 14.6 Å². The smallest absolute Gasteiger partial charge is 0.341 e. The summed E-state index contributed by atoms with van der Waals surface area (Å²) < 4.78 is 5.21. The number of halogens is 2. The van der Waals surface area contributed by atoms with Crippen molar-refractivity contribution in [3.05, 3.63) is 64.6 Å². The number of hydrogen-bond acceptors (Lipinski definition) is 5. The molecule has 1 heterocycles. The van der Waals surface area contributed by atoms with Crippen LogP contribution in [0.25, 0.3) is 11.3 Å². The van der Waals surface area contributed by atoms with Crippen molar-refractivity contribution in [3.63, 3.8) is 0 Å². The van der Waals surface area contributed by atoms with Gasteiger partial charge in [-0.25, -0.2) is 9.78 Å². The van der Waals surface area contributed by atoms with E-state index in [1.54, 1.807) is 24.3 Å². The van der Waals surface area contributed by atoms with Crippen LogP contribution in [0.15, 0.2) is 54.6 Å². The van der Waals surface area contributed by atoms with Gasteiger partial charge >= 0.3 is 5.97 Å². The molecule has 0 amide bonds. The van der Waals surface area contributed by atoms with Crippen molar-refractivity contribution in [2.45, 2.75) is 0 Å². The number of carboxylic acid groups (broad SMARTS) is 1. The molecule has 0 bridgehead atoms. The van der Waals surface area contributed by atoms with Crippen LogP contribution in [0.2, 0.25) is 10.0 Å². The predicted octanol–water partition coefficient (Wildman–Crippen LogP) is 4.66. The average molecular weight is 390 g/mol. The second-order valence-electron chi connectivity index (χ2n) is 5.22. The molecule has 0 atom stereocenters. The maximum absolute atomic E-state index is 10.8. The van der Waals surface area contributed by atoms with Crippen LogP contribution < -0.4 is 10.1 Å². The zero-order valence-corrected chi connectivity index (χ0v) is 14.8. The second kappa shape index (κ2) is 8.03. The standard InChI is InChI=1S/C18H13Cl2N3O3/c19-13-7-6-12(8-14(13)20)21-18-22-15(11-4-2-1-3-5-11)9-16(23-18)26-10-17(24)25/h1-9H,10H2,(H,24,25)(H,21,22,23). The minimum absolute atomic E-state index is 0.142. The Bertz CT molecular complexity index is 936. The van der Waals surface area contributed by atoms with Crippen LogP contribution in [-0.4, -0.2) is 27.7 Å². The first-order chi connectivity index (χ1) is 12.5. The van der Waals surface area contributed by atoms with Crippen LogP contribution >= 0.6 is 23.2 Å². The number of rotatable bonds is 6. The molecule has 3 aromatic rings. The number of ether oxygens (including phenoxy) is 1. The van der Waals surface area contributed by atoms with Gasteiger partial charge in [0.2, 0.25) is 11.8 Å². The molecule has 1 aromatic heterocycles. The van der Waals surface area contributed by atoms with Crippen molar-refractivity contribution in [2.75, 3.05) is 11.9 Å². The lowest BCUT2D eigenvalue weighted by molar-refractivity contribution is -0.139. The van der Waals surface area contributed by atoms with Gasteiger partial charge in [0.15, 0.2) is 6.61 Å². The van der Waals surface area contributed by atoms with Gasteiger partial charge in [-0.15, -0.1) is 0 Å². The summed E-state index contributed by atoms with van der Waals surface area (Å²) in [6.07, 6.45) is 0. The van der Waals surface area contributed by atoms with Gasteiger partial charge in [0.1, 0.15) is 0 Å². The van der Waals surface area contributed by atoms with Gasteiger partial charge < -0.3 is 15.2 Å². The minimum Gasteiger partial charge on any atom is -0.479 e. The number of aliphatic carboxylic acids is 1. The van der Waals surface area contributed by atoms with Crippen LogP contribution in [-0.2, 0) is 4.79 Å². The predicted molar refractivity (Wildman–Crippen MR) is 100 cm³/mol. The first-order valence-corrected chi connectivity index (χ1v) is 8.28. The minimum atomic E-state index is -1.09. The van der Waals surface area contributed by atoms with Crippen molar-refractivity contribution in [2.24, 2.45) is 0 Å². The molecular formula is C18H13Cl2N3O3. The number of nitrogens with one attached hydrogen (secondary N) is 1. The van der Waals surface area contributed by atoms with Gasteiger partial charge in [-0.3, -0.25) is 0 Å². The third-order valence-corrected chi connectivity index (χ3v) is 4.03. The fourth-order valence-electron chi connectivity index (χ4n) is 2.15. The summed E-state index contributed by atoms with van der Waals surface area (Å²) in [7, 11) is 0. The number of benzene rings is 2. The maximum Gasteiger partial charge on any atom is 0.341 e. The molecule has 6 nitrogen and oxygen atoms in total. The number of carbonyl (C=O) groups is 1. The Kier molecular flexibility index (Phi) is 5.55. The highest BCUT2D eigenvalue weighted by Gasteiger charge is 2.10. The topological polar surface area (TPSA) is 84.3 Å². The van der Waals surface area contributed by atoms with E-state index in [0.717, 1.165) is 5.56 Å². The molecule has 0 aliphatic rings. The lowest BCUT2D eigenvalue weighted by Gasteiger charge is -2.11. The average Bonchev–Trinajstić information content (AvgIpc) is 2.64. The summed E-state index contributed by atoms with van der Waals surface area (Å²) in [5.41, 5.74) is 2.06. The van der Waals surface area contributed by atoms with E-state index in [9.17, 15) is 4.79 Å². The van der Waals surface area contributed by atoms with Gasteiger partial charge in [-0.2, -0.15) is 4.98 Å². The van der Waals surface area contributed by atoms with Crippen LogP contribution in [0.4, 0.5) is 11.6 Å². The molecule has 26 heavy (non-hydrogen) atoms. The number of hydrogen-bond donors (Lipinski definition) is 2. The molecule has 0 saturated carbocycles. The van der Waals surface area contributed by atoms with E-state index in [2.05, 4.69) is 15.3 Å². The fraction of sp³-hybridized carbons (Fsp3) is 0.0556. The molecule has 0 spiro atoms. The van der Waals surface area contributed by atoms with E-state index in [-0.39, 0.29) is 11.8 Å². The molecule has 2 N–H and O–H groups in total. The van der Waals surface area contributed by atoms with Crippen molar-refractivity contribution in [1.29, 1.82) is 0 Å². The van der Waals surface area contributed by atoms with Crippen LogP contribution in [0.1, 0.15) is 0 Å². The molecule has 132 valence electrons. The number of aromatic nitrogens is 2. The highest BCUT2D eigenvalue weighted by atomic mass is 35.5. The summed E-state index contributed by atoms with van der Waals surface area (Å²) in [6.45, 7) is -0.503. The van der Waals surface area contributed by atoms with E-state index in [4.69, 9.17) is 33.0 Å². The van der Waals surface area contributed by atoms with E-state index in [1.807, 2.05) is 30.3 Å². The zero-order chi connectivity index (χ0) is 18.5. The normalized spacial score (nSPS) is 10.4. The second-order valence-corrected chi connectivity index (χ2v) is 6.03. The summed E-state index contributed by atoms with van der Waals surface area (Å²) in [5.74, 6) is -0.710. The van der Waals surface area contributed by atoms with Gasteiger partial charge in [0, 0.05) is 17.3 Å². The molecule has 2 aromatic carbocycles. The lowest BCUT2D eigenvalue weighted by Crippen LogP contribution is -2.11. The molecule has 3 rings (SSSR count). The van der Waals surface area contributed by atoms with Crippen LogP contribution in [0.3, 0.4) is 0 Å². The highest BCUT2D eigenvalue weighted by molar-refractivity contribution is 6.42. The Balaban J connectivity index is 1.95. The van der Waals surface area contributed by atoms with E-state index in [1.165, 1.54) is 0 Å². The zero-order valence-electron chi connectivity index (χ0n) is 13.3. The van der Waals surface area contributed by atoms with Crippen LogP contribution in [0.5, 0.6) is 5.88 Å². The highest BCUT2D eigenvalue weighted by Crippen LogP contribution is 2.28. The molecule has 0 aliphatic carbocycles. The molecule has 0 unspecified atom stereocenters. The summed E-state index contributed by atoms with van der Waals surface area (Å²) in [6, 6.07) is 16.0. The maximum atomic E-state index is 10.8. The molecule has 0 aliphatic heterocycles. The molecule has 0 radical (unpaired) electrons. The van der Waals surface area contributed by atoms with Crippen LogP contribution in [0, 0.1) is 0 Å². The Morgan fingerprint density at radius 1 is 1.04 bits per heavy atom. The van der Waals surface area contributed by atoms with Gasteiger partial charge in [-0.1, -0.05) is 53.5 Å². The van der Waals surface area contributed by atoms with Gasteiger partial charge in [0.25, 0.3) is 0 Å². The van der Waals surface area contributed by atoms with E-state index >= 15 is 0 Å². The number of anilines is 2. The largest absolute Gasteiger partial charge is 0.479 e. The molecule has 8 heteroatoms. The number of carboxylic acids is 1. The van der Waals surface area contributed by atoms with E-state index in [0.29, 0.717) is 21.4 Å². The first-order valence-electron chi connectivity index (χ1n) is 7.52. The SMILES string of the molecule is O=C(O)COc1cc(-c2ccccc2)nc(Nc2ccc(Cl)c(Cl)c2)n1. The first kappa shape index (κ1) is 18.0. The molecular weight excluding hydrogens is 377 g/mol. The molecule has 0 fully saturated rings. The fourth-order valence-corrected chi connectivity index (χ4v) is 2.45. The molecule has 0 saturated heterocycles. The quantitative estimate of drug-likeness (QED) is 0.637. The van der Waals surface area contributed by atoms with Crippen molar-refractivity contribution in [3.8, 4) is 17.1 Å². The summed E-state index contributed by atoms with van der Waals surface area (Å²) in [5, 5.41) is 12.6. The van der Waals surface area contributed by atoms with Gasteiger partial charge in [0.05, 0.1) is 15.7 Å². The monoisotopic (exact) mass is 389 g/mol. The summed E-state index contributed by atoms with van der Waals surface area (Å²) >= 11 is 11.9. The summed E-state index contributed by atoms with van der Waals surface area (Å²) in [4.78, 5) is 19.4.